The molecule has 2 atom stereocenters. The molecule has 0 fully saturated rings. The van der Waals surface area contributed by atoms with Gasteiger partial charge in [-0.05, 0) is 36.8 Å². The fourth-order valence-corrected chi connectivity index (χ4v) is 2.39. The summed E-state index contributed by atoms with van der Waals surface area (Å²) in [5, 5.41) is 9.67. The molecule has 1 aromatic carbocycles. The highest BCUT2D eigenvalue weighted by molar-refractivity contribution is 5.37. The van der Waals surface area contributed by atoms with Crippen molar-refractivity contribution in [2.75, 3.05) is 20.3 Å². The number of aliphatic hydroxyl groups is 1. The van der Waals surface area contributed by atoms with Crippen LogP contribution in [0.3, 0.4) is 0 Å². The first-order valence-electron chi connectivity index (χ1n) is 6.20. The topological polar surface area (TPSA) is 38.7 Å². The summed E-state index contributed by atoms with van der Waals surface area (Å²) in [7, 11) is 1.62. The van der Waals surface area contributed by atoms with Crippen LogP contribution >= 0.6 is 0 Å². The van der Waals surface area contributed by atoms with E-state index >= 15 is 0 Å². The van der Waals surface area contributed by atoms with Crippen molar-refractivity contribution in [3.8, 4) is 5.75 Å². The van der Waals surface area contributed by atoms with E-state index in [-0.39, 0.29) is 6.10 Å². The molecule has 0 spiro atoms. The van der Waals surface area contributed by atoms with Gasteiger partial charge in [0, 0.05) is 7.11 Å². The molecule has 17 heavy (non-hydrogen) atoms. The fraction of sp³-hybridized carbons (Fsp3) is 0.571. The van der Waals surface area contributed by atoms with Crippen LogP contribution in [0.1, 0.15) is 30.7 Å². The number of methoxy groups -OCH3 is 1. The van der Waals surface area contributed by atoms with E-state index in [1.807, 2.05) is 18.2 Å². The van der Waals surface area contributed by atoms with Crippen LogP contribution in [0.25, 0.3) is 0 Å². The molecule has 1 heterocycles. The first-order valence-corrected chi connectivity index (χ1v) is 6.20. The molecule has 2 unspecified atom stereocenters. The Balaban J connectivity index is 1.94. The average molecular weight is 236 g/mol. The van der Waals surface area contributed by atoms with Crippen LogP contribution < -0.4 is 4.74 Å². The highest BCUT2D eigenvalue weighted by Crippen LogP contribution is 2.36. The molecule has 1 aliphatic rings. The number of benzene rings is 1. The van der Waals surface area contributed by atoms with Crippen molar-refractivity contribution in [3.63, 3.8) is 0 Å². The number of hydrogen-bond acceptors (Lipinski definition) is 3. The van der Waals surface area contributed by atoms with Gasteiger partial charge < -0.3 is 14.6 Å². The minimum atomic E-state index is -0.352. The lowest BCUT2D eigenvalue weighted by atomic mass is 9.88. The largest absolute Gasteiger partial charge is 0.493 e. The summed E-state index contributed by atoms with van der Waals surface area (Å²) in [6, 6.07) is 8.20. The maximum Gasteiger partial charge on any atom is 0.122 e. The van der Waals surface area contributed by atoms with Gasteiger partial charge in [-0.2, -0.15) is 0 Å². The van der Waals surface area contributed by atoms with Gasteiger partial charge in [0.25, 0.3) is 0 Å². The molecule has 1 aliphatic heterocycles. The molecular formula is C14H20O3. The zero-order chi connectivity index (χ0) is 12.1. The predicted octanol–water partition coefficient (Wildman–Crippen LogP) is 2.34. The summed E-state index contributed by atoms with van der Waals surface area (Å²) < 4.78 is 10.6. The van der Waals surface area contributed by atoms with Crippen LogP contribution in [0.4, 0.5) is 0 Å². The van der Waals surface area contributed by atoms with E-state index in [1.54, 1.807) is 7.11 Å². The minimum absolute atomic E-state index is 0.352. The third-order valence-corrected chi connectivity index (χ3v) is 3.29. The molecular weight excluding hydrogens is 216 g/mol. The summed E-state index contributed by atoms with van der Waals surface area (Å²) in [6.07, 6.45) is 2.46. The number of fused-ring (bicyclic) bond motifs is 1. The standard InChI is InChI=1S/C14H20O3/c1-16-10-12(15)7-6-11-8-9-17-14-5-3-2-4-13(11)14/h2-5,11-12,15H,6-10H2,1H3. The summed E-state index contributed by atoms with van der Waals surface area (Å²) in [6.45, 7) is 1.20. The van der Waals surface area contributed by atoms with Gasteiger partial charge >= 0.3 is 0 Å². The van der Waals surface area contributed by atoms with Crippen molar-refractivity contribution in [1.82, 2.24) is 0 Å². The monoisotopic (exact) mass is 236 g/mol. The third-order valence-electron chi connectivity index (χ3n) is 3.29. The molecule has 0 aliphatic carbocycles. The molecule has 0 saturated heterocycles. The Morgan fingerprint density at radius 1 is 1.47 bits per heavy atom. The number of hydrogen-bond donors (Lipinski definition) is 1. The van der Waals surface area contributed by atoms with Gasteiger partial charge in [-0.15, -0.1) is 0 Å². The van der Waals surface area contributed by atoms with E-state index in [0.29, 0.717) is 12.5 Å². The lowest BCUT2D eigenvalue weighted by Gasteiger charge is -2.26. The second-order valence-electron chi connectivity index (χ2n) is 4.56. The Hall–Kier alpha value is -1.06. The third kappa shape index (κ3) is 3.20. The van der Waals surface area contributed by atoms with Crippen LogP contribution in [0.5, 0.6) is 5.75 Å². The van der Waals surface area contributed by atoms with E-state index in [2.05, 4.69) is 6.07 Å². The number of rotatable bonds is 5. The van der Waals surface area contributed by atoms with E-state index in [4.69, 9.17) is 9.47 Å². The van der Waals surface area contributed by atoms with Crippen LogP contribution in [0.15, 0.2) is 24.3 Å². The highest BCUT2D eigenvalue weighted by Gasteiger charge is 2.21. The highest BCUT2D eigenvalue weighted by atomic mass is 16.5. The van der Waals surface area contributed by atoms with E-state index < -0.39 is 0 Å². The summed E-state index contributed by atoms with van der Waals surface area (Å²) in [4.78, 5) is 0. The van der Waals surface area contributed by atoms with E-state index in [0.717, 1.165) is 31.6 Å². The maximum atomic E-state index is 9.67. The maximum absolute atomic E-state index is 9.67. The fourth-order valence-electron chi connectivity index (χ4n) is 2.39. The molecule has 0 bridgehead atoms. The first-order chi connectivity index (χ1) is 8.31. The molecule has 2 rings (SSSR count). The van der Waals surface area contributed by atoms with E-state index in [1.165, 1.54) is 5.56 Å². The Labute approximate surface area is 102 Å². The molecule has 0 radical (unpaired) electrons. The zero-order valence-electron chi connectivity index (χ0n) is 10.3. The summed E-state index contributed by atoms with van der Waals surface area (Å²) >= 11 is 0. The van der Waals surface area contributed by atoms with Crippen LogP contribution in [-0.4, -0.2) is 31.5 Å². The quantitative estimate of drug-likeness (QED) is 0.852. The zero-order valence-corrected chi connectivity index (χ0v) is 10.3. The van der Waals surface area contributed by atoms with Crippen molar-refractivity contribution in [2.24, 2.45) is 0 Å². The minimum Gasteiger partial charge on any atom is -0.493 e. The van der Waals surface area contributed by atoms with Crippen molar-refractivity contribution >= 4 is 0 Å². The Bertz CT molecular complexity index is 351. The molecule has 0 saturated carbocycles. The van der Waals surface area contributed by atoms with Gasteiger partial charge in [-0.1, -0.05) is 18.2 Å². The van der Waals surface area contributed by atoms with Gasteiger partial charge in [-0.25, -0.2) is 0 Å². The van der Waals surface area contributed by atoms with E-state index in [9.17, 15) is 5.11 Å². The van der Waals surface area contributed by atoms with Crippen LogP contribution in [0, 0.1) is 0 Å². The Morgan fingerprint density at radius 3 is 3.12 bits per heavy atom. The second-order valence-corrected chi connectivity index (χ2v) is 4.56. The smallest absolute Gasteiger partial charge is 0.122 e. The van der Waals surface area contributed by atoms with Gasteiger partial charge in [0.2, 0.25) is 0 Å². The Morgan fingerprint density at radius 2 is 2.29 bits per heavy atom. The molecule has 1 N–H and O–H groups in total. The van der Waals surface area contributed by atoms with Gasteiger partial charge in [-0.3, -0.25) is 0 Å². The van der Waals surface area contributed by atoms with Gasteiger partial charge in [0.15, 0.2) is 0 Å². The average Bonchev–Trinajstić information content (AvgIpc) is 2.36. The first kappa shape index (κ1) is 12.4. The number of aliphatic hydroxyl groups excluding tert-OH is 1. The van der Waals surface area contributed by atoms with Crippen molar-refractivity contribution in [3.05, 3.63) is 29.8 Å². The van der Waals surface area contributed by atoms with Crippen LogP contribution in [-0.2, 0) is 4.74 Å². The van der Waals surface area contributed by atoms with Crippen LogP contribution in [0.2, 0.25) is 0 Å². The molecule has 1 aromatic rings. The molecule has 0 amide bonds. The summed E-state index contributed by atoms with van der Waals surface area (Å²) in [5.41, 5.74) is 1.28. The summed E-state index contributed by atoms with van der Waals surface area (Å²) in [5.74, 6) is 1.51. The van der Waals surface area contributed by atoms with Crippen molar-refractivity contribution in [1.29, 1.82) is 0 Å². The van der Waals surface area contributed by atoms with Crippen molar-refractivity contribution < 1.29 is 14.6 Å². The SMILES string of the molecule is COCC(O)CCC1CCOc2ccccc21. The predicted molar refractivity (Wildman–Crippen MR) is 66.4 cm³/mol. The van der Waals surface area contributed by atoms with Gasteiger partial charge in [0.1, 0.15) is 5.75 Å². The Kier molecular flexibility index (Phi) is 4.40. The second kappa shape index (κ2) is 6.03. The van der Waals surface area contributed by atoms with Crippen molar-refractivity contribution in [2.45, 2.75) is 31.3 Å². The lowest BCUT2D eigenvalue weighted by Crippen LogP contribution is -2.18. The molecule has 3 heteroatoms. The molecule has 0 aromatic heterocycles. The normalized spacial score (nSPS) is 20.5. The molecule has 3 nitrogen and oxygen atoms in total. The number of ether oxygens (including phenoxy) is 2. The lowest BCUT2D eigenvalue weighted by molar-refractivity contribution is 0.0558. The van der Waals surface area contributed by atoms with Gasteiger partial charge in [0.05, 0.1) is 19.3 Å². The molecule has 94 valence electrons. The number of para-hydroxylation sites is 1.